The largest absolute Gasteiger partial charge is 0.354 e. The number of carbonyl (C=O) groups is 1. The quantitative estimate of drug-likeness (QED) is 0.611. The van der Waals surface area contributed by atoms with Gasteiger partial charge in [-0.3, -0.25) is 4.79 Å². The minimum atomic E-state index is 0.0946. The van der Waals surface area contributed by atoms with Gasteiger partial charge in [-0.15, -0.1) is 0 Å². The standard InChI is InChI=1S/C14H11NO/c1-9(16)10-6-4-7-12-11-5-2-3-8-13(11)15-14(10)12/h2-8,15H,1H3. The molecule has 2 aromatic carbocycles. The highest BCUT2D eigenvalue weighted by molar-refractivity contribution is 6.14. The number of H-pyrrole nitrogens is 1. The molecule has 0 aliphatic rings. The summed E-state index contributed by atoms with van der Waals surface area (Å²) in [5.74, 6) is 0.0946. The van der Waals surface area contributed by atoms with Crippen molar-refractivity contribution in [3.8, 4) is 0 Å². The van der Waals surface area contributed by atoms with Gasteiger partial charge in [0.25, 0.3) is 0 Å². The Balaban J connectivity index is 2.54. The number of ketones is 1. The molecule has 1 heterocycles. The molecule has 0 amide bonds. The minimum Gasteiger partial charge on any atom is -0.354 e. The maximum Gasteiger partial charge on any atom is 0.161 e. The van der Waals surface area contributed by atoms with Gasteiger partial charge in [-0.2, -0.15) is 0 Å². The zero-order chi connectivity index (χ0) is 11.1. The minimum absolute atomic E-state index is 0.0946. The summed E-state index contributed by atoms with van der Waals surface area (Å²) in [5, 5.41) is 2.28. The molecule has 0 aliphatic carbocycles. The number of aromatic nitrogens is 1. The molecule has 16 heavy (non-hydrogen) atoms. The van der Waals surface area contributed by atoms with Crippen LogP contribution in [0.15, 0.2) is 42.5 Å². The van der Waals surface area contributed by atoms with Gasteiger partial charge in [0.15, 0.2) is 5.78 Å². The highest BCUT2D eigenvalue weighted by Gasteiger charge is 2.09. The van der Waals surface area contributed by atoms with Crippen molar-refractivity contribution >= 4 is 27.6 Å². The highest BCUT2D eigenvalue weighted by atomic mass is 16.1. The summed E-state index contributed by atoms with van der Waals surface area (Å²) >= 11 is 0. The molecule has 2 heteroatoms. The number of Topliss-reactive ketones (excluding diaryl/α,β-unsaturated/α-hetero) is 1. The van der Waals surface area contributed by atoms with E-state index in [4.69, 9.17) is 0 Å². The van der Waals surface area contributed by atoms with Gasteiger partial charge in [-0.1, -0.05) is 30.3 Å². The number of fused-ring (bicyclic) bond motifs is 3. The van der Waals surface area contributed by atoms with Crippen LogP contribution in [0.3, 0.4) is 0 Å². The number of para-hydroxylation sites is 2. The fraction of sp³-hybridized carbons (Fsp3) is 0.0714. The van der Waals surface area contributed by atoms with Crippen molar-refractivity contribution in [3.05, 3.63) is 48.0 Å². The Hall–Kier alpha value is -2.09. The lowest BCUT2D eigenvalue weighted by atomic mass is 10.1. The maximum atomic E-state index is 11.5. The van der Waals surface area contributed by atoms with Gasteiger partial charge < -0.3 is 4.98 Å². The molecular formula is C14H11NO. The van der Waals surface area contributed by atoms with E-state index in [-0.39, 0.29) is 5.78 Å². The van der Waals surface area contributed by atoms with Crippen molar-refractivity contribution < 1.29 is 4.79 Å². The molecule has 0 saturated heterocycles. The molecular weight excluding hydrogens is 198 g/mol. The predicted octanol–water partition coefficient (Wildman–Crippen LogP) is 3.52. The maximum absolute atomic E-state index is 11.5. The number of rotatable bonds is 1. The monoisotopic (exact) mass is 209 g/mol. The van der Waals surface area contributed by atoms with Crippen molar-refractivity contribution in [2.24, 2.45) is 0 Å². The SMILES string of the molecule is CC(=O)c1cccc2c1[nH]c1ccccc12. The lowest BCUT2D eigenvalue weighted by Gasteiger charge is -1.97. The molecule has 0 fully saturated rings. The lowest BCUT2D eigenvalue weighted by Crippen LogP contribution is -1.92. The van der Waals surface area contributed by atoms with E-state index in [9.17, 15) is 4.79 Å². The number of hydrogen-bond acceptors (Lipinski definition) is 1. The summed E-state index contributed by atoms with van der Waals surface area (Å²) in [4.78, 5) is 14.8. The third-order valence-corrected chi connectivity index (χ3v) is 2.92. The normalized spacial score (nSPS) is 11.1. The predicted molar refractivity (Wildman–Crippen MR) is 65.8 cm³/mol. The molecule has 0 bridgehead atoms. The summed E-state index contributed by atoms with van der Waals surface area (Å²) in [5.41, 5.74) is 2.77. The molecule has 3 aromatic rings. The second-order valence-corrected chi connectivity index (χ2v) is 3.95. The van der Waals surface area contributed by atoms with Crippen LogP contribution < -0.4 is 0 Å². The summed E-state index contributed by atoms with van der Waals surface area (Å²) in [6.45, 7) is 1.60. The number of nitrogens with one attached hydrogen (secondary N) is 1. The number of aromatic amines is 1. The molecule has 0 aliphatic heterocycles. The summed E-state index contributed by atoms with van der Waals surface area (Å²) in [6.07, 6.45) is 0. The molecule has 0 unspecified atom stereocenters. The fourth-order valence-electron chi connectivity index (χ4n) is 2.17. The summed E-state index contributed by atoms with van der Waals surface area (Å²) < 4.78 is 0. The van der Waals surface area contributed by atoms with E-state index < -0.39 is 0 Å². The Kier molecular flexibility index (Phi) is 1.83. The number of benzene rings is 2. The third-order valence-electron chi connectivity index (χ3n) is 2.92. The van der Waals surface area contributed by atoms with Crippen molar-refractivity contribution in [2.45, 2.75) is 6.92 Å². The molecule has 3 rings (SSSR count). The van der Waals surface area contributed by atoms with Gasteiger partial charge in [0, 0.05) is 21.9 Å². The second kappa shape index (κ2) is 3.20. The average molecular weight is 209 g/mol. The molecule has 0 radical (unpaired) electrons. The van der Waals surface area contributed by atoms with Crippen LogP contribution in [0.25, 0.3) is 21.8 Å². The summed E-state index contributed by atoms with van der Waals surface area (Å²) in [6, 6.07) is 13.9. The van der Waals surface area contributed by atoms with E-state index in [0.29, 0.717) is 0 Å². The Morgan fingerprint density at radius 2 is 1.75 bits per heavy atom. The molecule has 0 saturated carbocycles. The Morgan fingerprint density at radius 3 is 2.56 bits per heavy atom. The van der Waals surface area contributed by atoms with E-state index in [1.54, 1.807) is 6.92 Å². The lowest BCUT2D eigenvalue weighted by molar-refractivity contribution is 0.101. The van der Waals surface area contributed by atoms with Crippen LogP contribution in [-0.4, -0.2) is 10.8 Å². The first-order valence-electron chi connectivity index (χ1n) is 5.28. The van der Waals surface area contributed by atoms with Gasteiger partial charge in [0.2, 0.25) is 0 Å². The third kappa shape index (κ3) is 1.16. The first kappa shape index (κ1) is 9.16. The fourth-order valence-corrected chi connectivity index (χ4v) is 2.17. The van der Waals surface area contributed by atoms with Crippen molar-refractivity contribution in [1.82, 2.24) is 4.98 Å². The van der Waals surface area contributed by atoms with Crippen LogP contribution >= 0.6 is 0 Å². The zero-order valence-electron chi connectivity index (χ0n) is 8.95. The Morgan fingerprint density at radius 1 is 1.00 bits per heavy atom. The van der Waals surface area contributed by atoms with E-state index in [1.807, 2.05) is 36.4 Å². The van der Waals surface area contributed by atoms with Gasteiger partial charge >= 0.3 is 0 Å². The topological polar surface area (TPSA) is 32.9 Å². The van der Waals surface area contributed by atoms with Gasteiger partial charge in [0.05, 0.1) is 5.52 Å². The van der Waals surface area contributed by atoms with Crippen LogP contribution in [0.1, 0.15) is 17.3 Å². The summed E-state index contributed by atoms with van der Waals surface area (Å²) in [7, 11) is 0. The van der Waals surface area contributed by atoms with E-state index in [0.717, 1.165) is 22.0 Å². The van der Waals surface area contributed by atoms with Gasteiger partial charge in [-0.25, -0.2) is 0 Å². The molecule has 1 aromatic heterocycles. The van der Waals surface area contributed by atoms with Crippen LogP contribution in [0, 0.1) is 0 Å². The molecule has 1 N–H and O–H groups in total. The first-order chi connectivity index (χ1) is 7.77. The van der Waals surface area contributed by atoms with Crippen LogP contribution in [0.2, 0.25) is 0 Å². The van der Waals surface area contributed by atoms with Crippen molar-refractivity contribution in [3.63, 3.8) is 0 Å². The van der Waals surface area contributed by atoms with Crippen LogP contribution in [0.4, 0.5) is 0 Å². The van der Waals surface area contributed by atoms with E-state index in [2.05, 4.69) is 11.1 Å². The zero-order valence-corrected chi connectivity index (χ0v) is 8.95. The smallest absolute Gasteiger partial charge is 0.161 e. The van der Waals surface area contributed by atoms with Crippen molar-refractivity contribution in [2.75, 3.05) is 0 Å². The first-order valence-corrected chi connectivity index (χ1v) is 5.28. The Labute approximate surface area is 92.9 Å². The molecule has 0 atom stereocenters. The van der Waals surface area contributed by atoms with Crippen LogP contribution in [0.5, 0.6) is 0 Å². The Bertz CT molecular complexity index is 694. The van der Waals surface area contributed by atoms with E-state index in [1.165, 1.54) is 5.39 Å². The number of hydrogen-bond donors (Lipinski definition) is 1. The highest BCUT2D eigenvalue weighted by Crippen LogP contribution is 2.27. The van der Waals surface area contributed by atoms with Gasteiger partial charge in [0.1, 0.15) is 0 Å². The molecule has 2 nitrogen and oxygen atoms in total. The van der Waals surface area contributed by atoms with Crippen molar-refractivity contribution in [1.29, 1.82) is 0 Å². The van der Waals surface area contributed by atoms with E-state index >= 15 is 0 Å². The number of carbonyl (C=O) groups excluding carboxylic acids is 1. The molecule has 0 spiro atoms. The second-order valence-electron chi connectivity index (χ2n) is 3.95. The van der Waals surface area contributed by atoms with Crippen LogP contribution in [-0.2, 0) is 0 Å². The average Bonchev–Trinajstić information content (AvgIpc) is 2.67. The molecule has 78 valence electrons. The van der Waals surface area contributed by atoms with Gasteiger partial charge in [-0.05, 0) is 19.1 Å².